The Hall–Kier alpha value is -0.840. The molecule has 0 aliphatic carbocycles. The minimum Gasteiger partial charge on any atom is -0.468 e. The predicted octanol–water partition coefficient (Wildman–Crippen LogP) is 1.99. The number of rotatable bonds is 8. The topological polar surface area (TPSA) is 51.6 Å². The third-order valence-corrected chi connectivity index (χ3v) is 3.10. The maximum atomic E-state index is 5.57. The van der Waals surface area contributed by atoms with Crippen molar-refractivity contribution in [2.75, 3.05) is 20.3 Å². The van der Waals surface area contributed by atoms with E-state index in [-0.39, 0.29) is 0 Å². The van der Waals surface area contributed by atoms with Crippen LogP contribution < -0.4 is 5.73 Å². The molecule has 2 N–H and O–H groups in total. The van der Waals surface area contributed by atoms with Crippen molar-refractivity contribution in [3.05, 3.63) is 23.7 Å². The van der Waals surface area contributed by atoms with Crippen LogP contribution in [-0.4, -0.2) is 31.2 Å². The first kappa shape index (κ1) is 14.2. The Bertz CT molecular complexity index is 312. The maximum absolute atomic E-state index is 5.57. The molecule has 0 aliphatic heterocycles. The third-order valence-electron chi connectivity index (χ3n) is 3.10. The Balaban J connectivity index is 2.57. The summed E-state index contributed by atoms with van der Waals surface area (Å²) in [5.74, 6) is 0.974. The van der Waals surface area contributed by atoms with Crippen LogP contribution in [0.25, 0.3) is 0 Å². The molecule has 0 saturated heterocycles. The molecule has 1 atom stereocenters. The second-order valence-electron chi connectivity index (χ2n) is 4.35. The van der Waals surface area contributed by atoms with Crippen LogP contribution in [0.2, 0.25) is 0 Å². The smallest absolute Gasteiger partial charge is 0.118 e. The lowest BCUT2D eigenvalue weighted by molar-refractivity contribution is 0.112. The third kappa shape index (κ3) is 4.50. The molecule has 0 saturated carbocycles. The number of methoxy groups -OCH3 is 1. The van der Waals surface area contributed by atoms with E-state index < -0.39 is 0 Å². The van der Waals surface area contributed by atoms with E-state index in [0.717, 1.165) is 37.4 Å². The van der Waals surface area contributed by atoms with Crippen LogP contribution in [0.1, 0.15) is 31.6 Å². The van der Waals surface area contributed by atoms with Gasteiger partial charge in [-0.2, -0.15) is 0 Å². The Labute approximate surface area is 104 Å². The summed E-state index contributed by atoms with van der Waals surface area (Å²) in [6.45, 7) is 7.43. The Morgan fingerprint density at radius 2 is 2.29 bits per heavy atom. The molecule has 1 aromatic rings. The average molecular weight is 240 g/mol. The van der Waals surface area contributed by atoms with Crippen LogP contribution in [0.5, 0.6) is 0 Å². The molecule has 1 heterocycles. The molecule has 1 rings (SSSR count). The lowest BCUT2D eigenvalue weighted by Crippen LogP contribution is -2.34. The number of ether oxygens (including phenoxy) is 1. The number of hydrogen-bond donors (Lipinski definition) is 1. The van der Waals surface area contributed by atoms with Gasteiger partial charge in [0, 0.05) is 31.8 Å². The van der Waals surface area contributed by atoms with Gasteiger partial charge in [-0.1, -0.05) is 6.92 Å². The van der Waals surface area contributed by atoms with E-state index in [1.54, 1.807) is 13.4 Å². The van der Waals surface area contributed by atoms with Crippen LogP contribution in [-0.2, 0) is 17.8 Å². The zero-order valence-corrected chi connectivity index (χ0v) is 11.1. The van der Waals surface area contributed by atoms with Gasteiger partial charge in [-0.25, -0.2) is 0 Å². The van der Waals surface area contributed by atoms with E-state index in [0.29, 0.717) is 12.6 Å². The number of hydrogen-bond acceptors (Lipinski definition) is 4. The summed E-state index contributed by atoms with van der Waals surface area (Å²) in [5, 5.41) is 0. The summed E-state index contributed by atoms with van der Waals surface area (Å²) in [4.78, 5) is 2.36. The van der Waals surface area contributed by atoms with Crippen LogP contribution in [0.4, 0.5) is 0 Å². The number of furan rings is 1. The molecule has 0 aromatic carbocycles. The molecule has 1 aromatic heterocycles. The Kier molecular flexibility index (Phi) is 6.26. The average Bonchev–Trinajstić information content (AvgIpc) is 2.81. The Morgan fingerprint density at radius 1 is 1.53 bits per heavy atom. The summed E-state index contributed by atoms with van der Waals surface area (Å²) in [5.41, 5.74) is 6.62. The van der Waals surface area contributed by atoms with Crippen LogP contribution in [0, 0.1) is 0 Å². The van der Waals surface area contributed by atoms with Gasteiger partial charge < -0.3 is 14.9 Å². The number of nitrogens with zero attached hydrogens (tertiary/aromatic N) is 1. The van der Waals surface area contributed by atoms with E-state index >= 15 is 0 Å². The largest absolute Gasteiger partial charge is 0.468 e. The number of nitrogens with two attached hydrogens (primary N) is 1. The van der Waals surface area contributed by atoms with Crippen molar-refractivity contribution in [1.82, 2.24) is 4.90 Å². The highest BCUT2D eigenvalue weighted by molar-refractivity contribution is 5.12. The van der Waals surface area contributed by atoms with Crippen molar-refractivity contribution in [3.8, 4) is 0 Å². The molecule has 98 valence electrons. The lowest BCUT2D eigenvalue weighted by atomic mass is 10.2. The second kappa shape index (κ2) is 7.48. The van der Waals surface area contributed by atoms with Crippen LogP contribution >= 0.6 is 0 Å². The molecular weight excluding hydrogens is 216 g/mol. The summed E-state index contributed by atoms with van der Waals surface area (Å²) < 4.78 is 10.6. The fraction of sp³-hybridized carbons (Fsp3) is 0.692. The zero-order valence-electron chi connectivity index (χ0n) is 11.1. The highest BCUT2D eigenvalue weighted by atomic mass is 16.5. The van der Waals surface area contributed by atoms with E-state index in [9.17, 15) is 0 Å². The molecule has 0 bridgehead atoms. The quantitative estimate of drug-likeness (QED) is 0.755. The minimum atomic E-state index is 0.525. The molecule has 0 aliphatic rings. The van der Waals surface area contributed by atoms with Crippen molar-refractivity contribution in [1.29, 1.82) is 0 Å². The van der Waals surface area contributed by atoms with Crippen molar-refractivity contribution >= 4 is 0 Å². The standard InChI is InChI=1S/C13H24N2O2/c1-4-11(2)15(5-6-16-3)9-13-7-12(8-14)10-17-13/h7,10-11H,4-6,8-9,14H2,1-3H3. The predicted molar refractivity (Wildman–Crippen MR) is 68.6 cm³/mol. The lowest BCUT2D eigenvalue weighted by Gasteiger charge is -2.27. The SMILES string of the molecule is CCC(C)N(CCOC)Cc1cc(CN)co1. The monoisotopic (exact) mass is 240 g/mol. The van der Waals surface area contributed by atoms with E-state index in [2.05, 4.69) is 18.7 Å². The first-order valence-electron chi connectivity index (χ1n) is 6.20. The van der Waals surface area contributed by atoms with Crippen molar-refractivity contribution in [3.63, 3.8) is 0 Å². The maximum Gasteiger partial charge on any atom is 0.118 e. The molecule has 0 fully saturated rings. The summed E-state index contributed by atoms with van der Waals surface area (Å²) >= 11 is 0. The minimum absolute atomic E-state index is 0.525. The molecular formula is C13H24N2O2. The Morgan fingerprint density at radius 3 is 2.82 bits per heavy atom. The van der Waals surface area contributed by atoms with E-state index in [1.165, 1.54) is 0 Å². The zero-order chi connectivity index (χ0) is 12.7. The summed E-state index contributed by atoms with van der Waals surface area (Å²) in [7, 11) is 1.73. The molecule has 4 heteroatoms. The molecule has 17 heavy (non-hydrogen) atoms. The highest BCUT2D eigenvalue weighted by Gasteiger charge is 2.14. The molecule has 4 nitrogen and oxygen atoms in total. The fourth-order valence-corrected chi connectivity index (χ4v) is 1.74. The van der Waals surface area contributed by atoms with Gasteiger partial charge in [-0.05, 0) is 19.4 Å². The van der Waals surface area contributed by atoms with Crippen LogP contribution in [0.15, 0.2) is 16.7 Å². The fourth-order valence-electron chi connectivity index (χ4n) is 1.74. The van der Waals surface area contributed by atoms with Gasteiger partial charge in [0.05, 0.1) is 19.4 Å². The van der Waals surface area contributed by atoms with Gasteiger partial charge in [0.1, 0.15) is 5.76 Å². The summed E-state index contributed by atoms with van der Waals surface area (Å²) in [6, 6.07) is 2.55. The van der Waals surface area contributed by atoms with Gasteiger partial charge in [0.15, 0.2) is 0 Å². The van der Waals surface area contributed by atoms with E-state index in [4.69, 9.17) is 14.9 Å². The normalized spacial score (nSPS) is 13.2. The molecule has 1 unspecified atom stereocenters. The van der Waals surface area contributed by atoms with Crippen molar-refractivity contribution < 1.29 is 9.15 Å². The molecule has 0 spiro atoms. The highest BCUT2D eigenvalue weighted by Crippen LogP contribution is 2.13. The first-order chi connectivity index (χ1) is 8.21. The molecule has 0 amide bonds. The van der Waals surface area contributed by atoms with Crippen molar-refractivity contribution in [2.24, 2.45) is 5.73 Å². The van der Waals surface area contributed by atoms with Gasteiger partial charge in [0.2, 0.25) is 0 Å². The van der Waals surface area contributed by atoms with Gasteiger partial charge >= 0.3 is 0 Å². The molecule has 0 radical (unpaired) electrons. The first-order valence-corrected chi connectivity index (χ1v) is 6.20. The van der Waals surface area contributed by atoms with Gasteiger partial charge in [0.25, 0.3) is 0 Å². The van der Waals surface area contributed by atoms with E-state index in [1.807, 2.05) is 6.07 Å². The van der Waals surface area contributed by atoms with Crippen LogP contribution in [0.3, 0.4) is 0 Å². The van der Waals surface area contributed by atoms with Crippen molar-refractivity contribution in [2.45, 2.75) is 39.4 Å². The second-order valence-corrected chi connectivity index (χ2v) is 4.35. The van der Waals surface area contributed by atoms with Gasteiger partial charge in [-0.15, -0.1) is 0 Å². The van der Waals surface area contributed by atoms with Gasteiger partial charge in [-0.3, -0.25) is 4.90 Å². The summed E-state index contributed by atoms with van der Waals surface area (Å²) in [6.07, 6.45) is 2.86.